The Kier molecular flexibility index (Phi) is 7.91. The molecule has 0 saturated carbocycles. The first kappa shape index (κ1) is 29.5. The van der Waals surface area contributed by atoms with Crippen molar-refractivity contribution in [1.29, 1.82) is 0 Å². The molecule has 0 fully saturated rings. The van der Waals surface area contributed by atoms with Gasteiger partial charge in [0.1, 0.15) is 11.6 Å². The second-order valence-corrected chi connectivity index (χ2v) is 10.6. The molecule has 198 valence electrons. The Morgan fingerprint density at radius 1 is 0.639 bits per heavy atom. The minimum atomic E-state index is -7.02. The van der Waals surface area contributed by atoms with Crippen LogP contribution >= 0.6 is 23.2 Å². The number of alkyl halides is 6. The second kappa shape index (κ2) is 9.64. The van der Waals surface area contributed by atoms with E-state index >= 15 is 0 Å². The summed E-state index contributed by atoms with van der Waals surface area (Å²) in [6.45, 7) is 0. The summed E-state index contributed by atoms with van der Waals surface area (Å²) < 4.78 is 152. The van der Waals surface area contributed by atoms with E-state index < -0.39 is 84.5 Å². The molecule has 2 rings (SSSR count). The Labute approximate surface area is 205 Å². The van der Waals surface area contributed by atoms with E-state index in [1.807, 2.05) is 0 Å². The van der Waals surface area contributed by atoms with Crippen LogP contribution in [-0.4, -0.2) is 39.7 Å². The summed E-state index contributed by atoms with van der Waals surface area (Å²) in [5, 5.41) is -2.51. The summed E-state index contributed by atoms with van der Waals surface area (Å²) in [7, 11) is -14.0. The molecule has 0 aliphatic rings. The number of rotatable bonds is 4. The van der Waals surface area contributed by atoms with Gasteiger partial charge in [-0.25, -0.2) is 8.78 Å². The number of benzene rings is 2. The van der Waals surface area contributed by atoms with Gasteiger partial charge in [0.25, 0.3) is 0 Å². The van der Waals surface area contributed by atoms with Crippen molar-refractivity contribution in [2.45, 2.75) is 11.0 Å². The monoisotopic (exact) mass is 608 g/mol. The summed E-state index contributed by atoms with van der Waals surface area (Å²) in [6, 6.07) is 1.15. The maximum absolute atomic E-state index is 13.3. The molecule has 2 aromatic carbocycles. The van der Waals surface area contributed by atoms with Crippen LogP contribution < -0.4 is 8.61 Å². The Bertz CT molecular complexity index is 1340. The fourth-order valence-corrected chi connectivity index (χ4v) is 4.82. The van der Waals surface area contributed by atoms with Gasteiger partial charge in [0.2, 0.25) is 0 Å². The van der Waals surface area contributed by atoms with Crippen LogP contribution in [0.25, 0.3) is 0 Å². The number of carbonyl (C=O) groups is 2. The molecule has 36 heavy (non-hydrogen) atoms. The highest BCUT2D eigenvalue weighted by Gasteiger charge is 2.58. The van der Waals surface area contributed by atoms with Gasteiger partial charge in [-0.05, 0) is 36.4 Å². The second-order valence-electron chi connectivity index (χ2n) is 6.23. The van der Waals surface area contributed by atoms with E-state index in [-0.39, 0.29) is 36.4 Å². The van der Waals surface area contributed by atoms with Gasteiger partial charge in [0, 0.05) is 0 Å². The van der Waals surface area contributed by atoms with Crippen molar-refractivity contribution in [1.82, 2.24) is 0 Å². The van der Waals surface area contributed by atoms with Crippen molar-refractivity contribution < 1.29 is 61.5 Å². The van der Waals surface area contributed by atoms with Crippen LogP contribution in [0.1, 0.15) is 0 Å². The van der Waals surface area contributed by atoms with E-state index in [4.69, 9.17) is 23.2 Å². The quantitative estimate of drug-likeness (QED) is 0.377. The molecular weight excluding hydrogens is 603 g/mol. The zero-order valence-electron chi connectivity index (χ0n) is 16.4. The first-order chi connectivity index (χ1) is 16.1. The van der Waals surface area contributed by atoms with Crippen molar-refractivity contribution in [2.75, 3.05) is 8.61 Å². The van der Waals surface area contributed by atoms with Crippen LogP contribution in [0.4, 0.5) is 46.5 Å². The number of sulfonamides is 2. The highest BCUT2D eigenvalue weighted by Crippen LogP contribution is 2.38. The van der Waals surface area contributed by atoms with Gasteiger partial charge in [-0.2, -0.15) is 51.8 Å². The Balaban J connectivity index is 2.89. The zero-order valence-corrected chi connectivity index (χ0v) is 19.5. The lowest BCUT2D eigenvalue weighted by Gasteiger charge is -2.28. The number of hydrogen-bond acceptors (Lipinski definition) is 6. The summed E-state index contributed by atoms with van der Waals surface area (Å²) in [5.41, 5.74) is -16.0. The van der Waals surface area contributed by atoms with E-state index in [1.54, 1.807) is 0 Å². The maximum Gasteiger partial charge on any atom is 0.517 e. The molecule has 0 bridgehead atoms. The summed E-state index contributed by atoms with van der Waals surface area (Å²) in [5.74, 6) is -8.69. The molecule has 0 heterocycles. The minimum Gasteiger partial charge on any atom is -0.262 e. The van der Waals surface area contributed by atoms with Gasteiger partial charge in [0.05, 0.1) is 21.4 Å². The molecule has 0 unspecified atom stereocenters. The molecule has 0 aromatic heterocycles. The van der Waals surface area contributed by atoms with Gasteiger partial charge in [-0.15, -0.1) is 0 Å². The molecule has 8 nitrogen and oxygen atoms in total. The van der Waals surface area contributed by atoms with Crippen molar-refractivity contribution >= 4 is 66.4 Å². The molecule has 0 spiro atoms. The fourth-order valence-electron chi connectivity index (χ4n) is 2.37. The van der Waals surface area contributed by atoms with Crippen LogP contribution in [-0.2, 0) is 29.6 Å². The molecule has 0 radical (unpaired) electrons. The third-order valence-corrected chi connectivity index (χ3v) is 7.34. The standard InChI is InChI=1S/C16H6Cl2F8N2O6S2/c17-9-5-7(19)1-3-11(9)27(35(31,32)15(21,22)23)13(29)14(30)28(36(33,34)16(24,25)26)12-4-2-8(20)6-10(12)18/h1-6H. The van der Waals surface area contributed by atoms with Crippen LogP contribution in [0.5, 0.6) is 0 Å². The van der Waals surface area contributed by atoms with Crippen molar-refractivity contribution in [2.24, 2.45) is 0 Å². The normalized spacial score (nSPS) is 12.8. The topological polar surface area (TPSA) is 109 Å². The average Bonchev–Trinajstić information content (AvgIpc) is 2.69. The largest absolute Gasteiger partial charge is 0.517 e. The molecule has 2 aromatic rings. The maximum atomic E-state index is 13.3. The molecule has 0 aliphatic carbocycles. The van der Waals surface area contributed by atoms with Crippen molar-refractivity contribution in [3.8, 4) is 0 Å². The molecular formula is C16H6Cl2F8N2O6S2. The number of carbonyl (C=O) groups excluding carboxylic acids is 2. The summed E-state index contributed by atoms with van der Waals surface area (Å²) in [6.07, 6.45) is 0. The Morgan fingerprint density at radius 3 is 1.14 bits per heavy atom. The summed E-state index contributed by atoms with van der Waals surface area (Å²) in [4.78, 5) is 25.4. The number of anilines is 2. The minimum absolute atomic E-state index is 0.138. The lowest BCUT2D eigenvalue weighted by molar-refractivity contribution is -0.135. The van der Waals surface area contributed by atoms with E-state index in [1.165, 1.54) is 0 Å². The molecule has 2 amide bonds. The fraction of sp³-hybridized carbons (Fsp3) is 0.125. The summed E-state index contributed by atoms with van der Waals surface area (Å²) >= 11 is 11.0. The predicted molar refractivity (Wildman–Crippen MR) is 108 cm³/mol. The molecule has 0 aliphatic heterocycles. The molecule has 0 saturated heterocycles. The lowest BCUT2D eigenvalue weighted by Crippen LogP contribution is -2.55. The molecule has 0 N–H and O–H groups in total. The average molecular weight is 609 g/mol. The van der Waals surface area contributed by atoms with E-state index in [0.29, 0.717) is 0 Å². The highest BCUT2D eigenvalue weighted by molar-refractivity contribution is 7.95. The van der Waals surface area contributed by atoms with Crippen LogP contribution in [0.15, 0.2) is 36.4 Å². The van der Waals surface area contributed by atoms with Crippen LogP contribution in [0, 0.1) is 11.6 Å². The van der Waals surface area contributed by atoms with E-state index in [9.17, 15) is 61.5 Å². The first-order valence-corrected chi connectivity index (χ1v) is 12.0. The van der Waals surface area contributed by atoms with Crippen molar-refractivity contribution in [3.63, 3.8) is 0 Å². The van der Waals surface area contributed by atoms with Gasteiger partial charge < -0.3 is 0 Å². The highest BCUT2D eigenvalue weighted by atomic mass is 35.5. The van der Waals surface area contributed by atoms with Gasteiger partial charge in [-0.3, -0.25) is 9.59 Å². The Morgan fingerprint density at radius 2 is 0.917 bits per heavy atom. The van der Waals surface area contributed by atoms with E-state index in [0.717, 1.165) is 0 Å². The van der Waals surface area contributed by atoms with Crippen LogP contribution in [0.2, 0.25) is 10.0 Å². The van der Waals surface area contributed by atoms with Gasteiger partial charge in [0.15, 0.2) is 0 Å². The SMILES string of the molecule is O=C(C(=O)N(c1ccc(F)cc1Cl)S(=O)(=O)C(F)(F)F)N(c1ccc(F)cc1Cl)S(=O)(=O)C(F)(F)F. The third-order valence-electron chi connectivity index (χ3n) is 3.87. The number of hydrogen-bond donors (Lipinski definition) is 0. The van der Waals surface area contributed by atoms with Gasteiger partial charge in [-0.1, -0.05) is 23.2 Å². The molecule has 20 heteroatoms. The van der Waals surface area contributed by atoms with E-state index in [2.05, 4.69) is 0 Å². The van der Waals surface area contributed by atoms with Crippen molar-refractivity contribution in [3.05, 3.63) is 58.1 Å². The number of halogens is 10. The van der Waals surface area contributed by atoms with Crippen LogP contribution in [0.3, 0.4) is 0 Å². The van der Waals surface area contributed by atoms with Gasteiger partial charge >= 0.3 is 42.9 Å². The first-order valence-electron chi connectivity index (χ1n) is 8.36. The predicted octanol–water partition coefficient (Wildman–Crippen LogP) is 4.34. The smallest absolute Gasteiger partial charge is 0.262 e. The number of nitrogens with zero attached hydrogens (tertiary/aromatic N) is 2. The number of amides is 2. The Hall–Kier alpha value is -2.70. The molecule has 0 atom stereocenters. The lowest BCUT2D eigenvalue weighted by atomic mass is 10.3. The third kappa shape index (κ3) is 5.35. The zero-order chi connectivity index (χ0) is 28.0.